The lowest BCUT2D eigenvalue weighted by atomic mass is 10.0. The SMILES string of the molecule is Cc1nc(-c2nc3ccccn3c2NC(=O)c2ccc(C(F)(F)F)c(-c3ccn(C)n3)c2)cs1. The number of halogens is 3. The Labute approximate surface area is 195 Å². The van der Waals surface area contributed by atoms with Crippen LogP contribution < -0.4 is 5.32 Å². The maximum absolute atomic E-state index is 13.6. The van der Waals surface area contributed by atoms with Crippen LogP contribution in [0.5, 0.6) is 0 Å². The van der Waals surface area contributed by atoms with Crippen molar-refractivity contribution in [3.05, 3.63) is 76.4 Å². The standard InChI is InChI=1S/C23H17F3N6OS/c1-13-27-18(12-34-13)20-21(32-9-4-3-5-19(32)28-20)29-22(33)14-6-7-16(23(24,25)26)15(11-14)17-8-10-31(2)30-17/h3-12H,1-2H3,(H,29,33). The molecule has 1 aromatic carbocycles. The first-order valence-corrected chi connectivity index (χ1v) is 11.0. The Kier molecular flexibility index (Phi) is 5.20. The van der Waals surface area contributed by atoms with Gasteiger partial charge in [-0.3, -0.25) is 13.9 Å². The third-order valence-corrected chi connectivity index (χ3v) is 5.97. The number of rotatable bonds is 4. The van der Waals surface area contributed by atoms with E-state index >= 15 is 0 Å². The average Bonchev–Trinajstić information content (AvgIpc) is 3.51. The molecular weight excluding hydrogens is 465 g/mol. The van der Waals surface area contributed by atoms with E-state index in [-0.39, 0.29) is 16.8 Å². The lowest BCUT2D eigenvalue weighted by Crippen LogP contribution is -2.15. The molecule has 0 unspecified atom stereocenters. The summed E-state index contributed by atoms with van der Waals surface area (Å²) in [6.07, 6.45) is -1.31. The Morgan fingerprint density at radius 1 is 1.06 bits per heavy atom. The highest BCUT2D eigenvalue weighted by molar-refractivity contribution is 7.09. The van der Waals surface area contributed by atoms with Gasteiger partial charge in [-0.25, -0.2) is 9.97 Å². The zero-order chi connectivity index (χ0) is 24.0. The number of hydrogen-bond acceptors (Lipinski definition) is 5. The fourth-order valence-electron chi connectivity index (χ4n) is 3.65. The van der Waals surface area contributed by atoms with Crippen molar-refractivity contribution in [2.75, 3.05) is 5.32 Å². The number of fused-ring (bicyclic) bond motifs is 1. The van der Waals surface area contributed by atoms with E-state index in [2.05, 4.69) is 20.4 Å². The smallest absolute Gasteiger partial charge is 0.306 e. The molecule has 0 saturated heterocycles. The Hall–Kier alpha value is -3.99. The Morgan fingerprint density at radius 2 is 1.88 bits per heavy atom. The quantitative estimate of drug-likeness (QED) is 0.370. The number of pyridine rings is 1. The zero-order valence-electron chi connectivity index (χ0n) is 18.0. The van der Waals surface area contributed by atoms with Crippen molar-refractivity contribution in [3.8, 4) is 22.6 Å². The minimum Gasteiger partial charge on any atom is -0.306 e. The molecule has 0 saturated carbocycles. The number of aryl methyl sites for hydroxylation is 2. The van der Waals surface area contributed by atoms with Gasteiger partial charge in [-0.2, -0.15) is 18.3 Å². The van der Waals surface area contributed by atoms with Gasteiger partial charge < -0.3 is 5.32 Å². The molecule has 1 amide bonds. The second-order valence-corrected chi connectivity index (χ2v) is 8.64. The molecule has 0 bridgehead atoms. The van der Waals surface area contributed by atoms with Crippen molar-refractivity contribution in [3.63, 3.8) is 0 Å². The lowest BCUT2D eigenvalue weighted by Gasteiger charge is -2.13. The number of imidazole rings is 1. The van der Waals surface area contributed by atoms with Crippen LogP contribution in [0.3, 0.4) is 0 Å². The number of hydrogen-bond donors (Lipinski definition) is 1. The number of carbonyl (C=O) groups excluding carboxylic acids is 1. The molecule has 7 nitrogen and oxygen atoms in total. The molecule has 0 fully saturated rings. The second-order valence-electron chi connectivity index (χ2n) is 7.58. The summed E-state index contributed by atoms with van der Waals surface area (Å²) in [5.74, 6) is -0.199. The summed E-state index contributed by atoms with van der Waals surface area (Å²) in [6.45, 7) is 1.86. The van der Waals surface area contributed by atoms with Crippen LogP contribution in [0.15, 0.2) is 60.2 Å². The first kappa shape index (κ1) is 21.8. The number of nitrogens with zero attached hydrogens (tertiary/aromatic N) is 5. The lowest BCUT2D eigenvalue weighted by molar-refractivity contribution is -0.137. The molecule has 0 atom stereocenters. The van der Waals surface area contributed by atoms with Gasteiger partial charge >= 0.3 is 6.18 Å². The maximum Gasteiger partial charge on any atom is 0.417 e. The molecule has 11 heteroatoms. The number of anilines is 1. The van der Waals surface area contributed by atoms with Crippen LogP contribution in [0, 0.1) is 6.92 Å². The van der Waals surface area contributed by atoms with Gasteiger partial charge in [-0.15, -0.1) is 11.3 Å². The largest absolute Gasteiger partial charge is 0.417 e. The molecule has 34 heavy (non-hydrogen) atoms. The summed E-state index contributed by atoms with van der Waals surface area (Å²) in [4.78, 5) is 22.3. The van der Waals surface area contributed by atoms with E-state index in [4.69, 9.17) is 0 Å². The van der Waals surface area contributed by atoms with Gasteiger partial charge in [0.05, 0.1) is 16.3 Å². The van der Waals surface area contributed by atoms with Gasteiger partial charge in [0, 0.05) is 35.9 Å². The van der Waals surface area contributed by atoms with E-state index in [0.29, 0.717) is 22.9 Å². The van der Waals surface area contributed by atoms with Crippen LogP contribution in [-0.4, -0.2) is 30.1 Å². The molecule has 5 rings (SSSR count). The zero-order valence-corrected chi connectivity index (χ0v) is 18.8. The summed E-state index contributed by atoms with van der Waals surface area (Å²) in [7, 11) is 1.61. The first-order valence-electron chi connectivity index (χ1n) is 10.1. The number of amides is 1. The molecule has 0 radical (unpaired) electrons. The average molecular weight is 482 g/mol. The summed E-state index contributed by atoms with van der Waals surface area (Å²) in [6, 6.07) is 10.1. The fourth-order valence-corrected chi connectivity index (χ4v) is 4.25. The van der Waals surface area contributed by atoms with Crippen LogP contribution in [0.25, 0.3) is 28.3 Å². The molecule has 5 aromatic rings. The summed E-state index contributed by atoms with van der Waals surface area (Å²) in [5.41, 5.74) is 0.812. The number of aromatic nitrogens is 5. The number of alkyl halides is 3. The highest BCUT2D eigenvalue weighted by atomic mass is 32.1. The van der Waals surface area contributed by atoms with E-state index in [1.54, 1.807) is 36.0 Å². The minimum absolute atomic E-state index is 0.0555. The van der Waals surface area contributed by atoms with Crippen LogP contribution in [0.1, 0.15) is 20.9 Å². The number of carbonyl (C=O) groups is 1. The van der Waals surface area contributed by atoms with Crippen LogP contribution >= 0.6 is 11.3 Å². The molecular formula is C23H17F3N6OS. The van der Waals surface area contributed by atoms with E-state index < -0.39 is 17.6 Å². The fraction of sp³-hybridized carbons (Fsp3) is 0.130. The van der Waals surface area contributed by atoms with Crippen LogP contribution in [0.4, 0.5) is 19.0 Å². The summed E-state index contributed by atoms with van der Waals surface area (Å²) >= 11 is 1.45. The molecule has 0 spiro atoms. The van der Waals surface area contributed by atoms with Crippen molar-refractivity contribution in [2.45, 2.75) is 13.1 Å². The number of nitrogens with one attached hydrogen (secondary N) is 1. The molecule has 4 heterocycles. The monoisotopic (exact) mass is 482 g/mol. The molecule has 0 aliphatic heterocycles. The van der Waals surface area contributed by atoms with Gasteiger partial charge in [0.1, 0.15) is 22.9 Å². The Balaban J connectivity index is 1.58. The van der Waals surface area contributed by atoms with Gasteiger partial charge in [0.25, 0.3) is 5.91 Å². The van der Waals surface area contributed by atoms with Crippen LogP contribution in [-0.2, 0) is 13.2 Å². The summed E-state index contributed by atoms with van der Waals surface area (Å²) in [5, 5.41) is 9.59. The van der Waals surface area contributed by atoms with Crippen molar-refractivity contribution >= 4 is 28.7 Å². The van der Waals surface area contributed by atoms with Gasteiger partial charge in [-0.05, 0) is 43.3 Å². The summed E-state index contributed by atoms with van der Waals surface area (Å²) < 4.78 is 44.0. The third kappa shape index (κ3) is 3.94. The molecule has 0 aliphatic carbocycles. The van der Waals surface area contributed by atoms with Gasteiger partial charge in [0.15, 0.2) is 0 Å². The van der Waals surface area contributed by atoms with E-state index in [9.17, 15) is 18.0 Å². The predicted molar refractivity (Wildman–Crippen MR) is 123 cm³/mol. The third-order valence-electron chi connectivity index (χ3n) is 5.20. The maximum atomic E-state index is 13.6. The highest BCUT2D eigenvalue weighted by Gasteiger charge is 2.34. The molecule has 4 aromatic heterocycles. The second kappa shape index (κ2) is 8.10. The number of benzene rings is 1. The van der Waals surface area contributed by atoms with E-state index in [1.807, 2.05) is 18.4 Å². The van der Waals surface area contributed by atoms with Crippen molar-refractivity contribution < 1.29 is 18.0 Å². The number of thiazole rings is 1. The predicted octanol–water partition coefficient (Wildman–Crippen LogP) is 5.44. The Bertz CT molecular complexity index is 1530. The minimum atomic E-state index is -4.60. The molecule has 0 aliphatic rings. The normalized spacial score (nSPS) is 11.8. The van der Waals surface area contributed by atoms with E-state index in [1.165, 1.54) is 28.2 Å². The van der Waals surface area contributed by atoms with Crippen molar-refractivity contribution in [1.82, 2.24) is 24.1 Å². The van der Waals surface area contributed by atoms with Crippen LogP contribution in [0.2, 0.25) is 0 Å². The van der Waals surface area contributed by atoms with Crippen molar-refractivity contribution in [1.29, 1.82) is 0 Å². The molecule has 1 N–H and O–H groups in total. The first-order chi connectivity index (χ1) is 16.2. The molecule has 172 valence electrons. The topological polar surface area (TPSA) is 77.1 Å². The van der Waals surface area contributed by atoms with Gasteiger partial charge in [0.2, 0.25) is 0 Å². The van der Waals surface area contributed by atoms with Crippen molar-refractivity contribution in [2.24, 2.45) is 7.05 Å². The van der Waals surface area contributed by atoms with Gasteiger partial charge in [-0.1, -0.05) is 6.07 Å². The highest BCUT2D eigenvalue weighted by Crippen LogP contribution is 2.37. The Morgan fingerprint density at radius 3 is 2.56 bits per heavy atom. The van der Waals surface area contributed by atoms with E-state index in [0.717, 1.165) is 17.1 Å².